The Kier molecular flexibility index (Phi) is 6.69. The van der Waals surface area contributed by atoms with E-state index in [1.54, 1.807) is 30.8 Å². The highest BCUT2D eigenvalue weighted by Gasteiger charge is 2.18. The first kappa shape index (κ1) is 20.3. The molecule has 0 spiro atoms. The maximum atomic E-state index is 12.4. The van der Waals surface area contributed by atoms with E-state index in [2.05, 4.69) is 10.6 Å². The van der Waals surface area contributed by atoms with Gasteiger partial charge in [0.2, 0.25) is 15.9 Å². The number of hydrogen-bond acceptors (Lipinski definition) is 5. The minimum atomic E-state index is -3.55. The van der Waals surface area contributed by atoms with Gasteiger partial charge in [-0.25, -0.2) is 12.7 Å². The van der Waals surface area contributed by atoms with E-state index in [1.165, 1.54) is 26.2 Å². The van der Waals surface area contributed by atoms with Crippen LogP contribution >= 0.6 is 11.8 Å². The molecule has 0 saturated heterocycles. The minimum Gasteiger partial charge on any atom is -0.374 e. The van der Waals surface area contributed by atoms with E-state index in [4.69, 9.17) is 0 Å². The second kappa shape index (κ2) is 8.57. The zero-order chi connectivity index (χ0) is 19.3. The first-order valence-electron chi connectivity index (χ1n) is 7.98. The number of sulfonamides is 1. The Morgan fingerprint density at radius 2 is 1.73 bits per heavy atom. The third kappa shape index (κ3) is 5.00. The van der Waals surface area contributed by atoms with Crippen LogP contribution < -0.4 is 10.6 Å². The summed E-state index contributed by atoms with van der Waals surface area (Å²) in [5, 5.41) is 5.90. The van der Waals surface area contributed by atoms with Gasteiger partial charge in [-0.05, 0) is 49.6 Å². The number of nitrogens with one attached hydrogen (secondary N) is 2. The second-order valence-electron chi connectivity index (χ2n) is 5.90. The first-order chi connectivity index (χ1) is 12.2. The van der Waals surface area contributed by atoms with Gasteiger partial charge in [-0.3, -0.25) is 4.79 Å². The zero-order valence-electron chi connectivity index (χ0n) is 15.2. The van der Waals surface area contributed by atoms with E-state index in [9.17, 15) is 13.2 Å². The SMILES string of the molecule is CSc1cccc(N[C@H](C)C(=O)Nc2cccc(S(=O)(=O)N(C)C)c2)c1. The molecule has 0 bridgehead atoms. The van der Waals surface area contributed by atoms with Crippen molar-refractivity contribution in [3.05, 3.63) is 48.5 Å². The van der Waals surface area contributed by atoms with Gasteiger partial charge in [0.05, 0.1) is 4.90 Å². The molecule has 0 unspecified atom stereocenters. The van der Waals surface area contributed by atoms with Crippen molar-refractivity contribution >= 4 is 39.1 Å². The number of rotatable bonds is 7. The fourth-order valence-corrected chi connectivity index (χ4v) is 3.63. The molecule has 2 rings (SSSR count). The van der Waals surface area contributed by atoms with Crippen LogP contribution in [0.2, 0.25) is 0 Å². The van der Waals surface area contributed by atoms with Crippen LogP contribution in [-0.2, 0) is 14.8 Å². The maximum absolute atomic E-state index is 12.4. The molecule has 8 heteroatoms. The smallest absolute Gasteiger partial charge is 0.246 e. The van der Waals surface area contributed by atoms with Crippen molar-refractivity contribution in [2.75, 3.05) is 31.0 Å². The molecule has 1 amide bonds. The Balaban J connectivity index is 2.09. The van der Waals surface area contributed by atoms with E-state index in [0.717, 1.165) is 14.9 Å². The van der Waals surface area contributed by atoms with Crippen molar-refractivity contribution in [2.24, 2.45) is 0 Å². The summed E-state index contributed by atoms with van der Waals surface area (Å²) in [5.41, 5.74) is 1.29. The monoisotopic (exact) mass is 393 g/mol. The van der Waals surface area contributed by atoms with Gasteiger partial charge in [0.1, 0.15) is 6.04 Å². The highest BCUT2D eigenvalue weighted by molar-refractivity contribution is 7.98. The minimum absolute atomic E-state index is 0.133. The summed E-state index contributed by atoms with van der Waals surface area (Å²) in [7, 11) is -0.613. The van der Waals surface area contributed by atoms with Gasteiger partial charge >= 0.3 is 0 Å². The number of carbonyl (C=O) groups is 1. The van der Waals surface area contributed by atoms with E-state index in [1.807, 2.05) is 30.5 Å². The van der Waals surface area contributed by atoms with Crippen LogP contribution in [0, 0.1) is 0 Å². The summed E-state index contributed by atoms with van der Waals surface area (Å²) in [6.07, 6.45) is 1.99. The van der Waals surface area contributed by atoms with Gasteiger partial charge in [-0.15, -0.1) is 11.8 Å². The molecule has 2 aromatic carbocycles. The normalized spacial score (nSPS) is 12.7. The number of hydrogen-bond donors (Lipinski definition) is 2. The summed E-state index contributed by atoms with van der Waals surface area (Å²) in [4.78, 5) is 13.7. The van der Waals surface area contributed by atoms with Crippen molar-refractivity contribution < 1.29 is 13.2 Å². The number of anilines is 2. The number of benzene rings is 2. The van der Waals surface area contributed by atoms with E-state index in [0.29, 0.717) is 5.69 Å². The molecule has 1 atom stereocenters. The molecule has 2 N–H and O–H groups in total. The molecular formula is C18H23N3O3S2. The van der Waals surface area contributed by atoms with Crippen molar-refractivity contribution in [1.29, 1.82) is 0 Å². The van der Waals surface area contributed by atoms with Crippen LogP contribution in [0.3, 0.4) is 0 Å². The molecule has 0 aromatic heterocycles. The Morgan fingerprint density at radius 3 is 2.38 bits per heavy atom. The molecule has 0 aliphatic carbocycles. The molecule has 140 valence electrons. The van der Waals surface area contributed by atoms with Gasteiger partial charge in [0, 0.05) is 30.4 Å². The van der Waals surface area contributed by atoms with Crippen LogP contribution in [0.25, 0.3) is 0 Å². The highest BCUT2D eigenvalue weighted by Crippen LogP contribution is 2.21. The highest BCUT2D eigenvalue weighted by atomic mass is 32.2. The number of carbonyl (C=O) groups excluding carboxylic acids is 1. The summed E-state index contributed by atoms with van der Waals surface area (Å²) in [6, 6.07) is 13.5. The predicted molar refractivity (Wildman–Crippen MR) is 107 cm³/mol. The summed E-state index contributed by atoms with van der Waals surface area (Å²) in [5.74, 6) is -0.251. The van der Waals surface area contributed by atoms with Crippen LogP contribution in [0.1, 0.15) is 6.92 Å². The summed E-state index contributed by atoms with van der Waals surface area (Å²) < 4.78 is 25.5. The Bertz CT molecular complexity index is 883. The lowest BCUT2D eigenvalue weighted by Crippen LogP contribution is -2.32. The van der Waals surface area contributed by atoms with Crippen molar-refractivity contribution in [3.63, 3.8) is 0 Å². The molecule has 6 nitrogen and oxygen atoms in total. The maximum Gasteiger partial charge on any atom is 0.246 e. The van der Waals surface area contributed by atoms with Gasteiger partial charge in [-0.1, -0.05) is 12.1 Å². The fourth-order valence-electron chi connectivity index (χ4n) is 2.22. The molecule has 0 radical (unpaired) electrons. The average molecular weight is 394 g/mol. The second-order valence-corrected chi connectivity index (χ2v) is 8.93. The van der Waals surface area contributed by atoms with Gasteiger partial charge in [0.15, 0.2) is 0 Å². The predicted octanol–water partition coefficient (Wildman–Crippen LogP) is 3.10. The van der Waals surface area contributed by atoms with Crippen molar-refractivity contribution in [3.8, 4) is 0 Å². The fraction of sp³-hybridized carbons (Fsp3) is 0.278. The Hall–Kier alpha value is -2.03. The van der Waals surface area contributed by atoms with Gasteiger partial charge < -0.3 is 10.6 Å². The molecule has 26 heavy (non-hydrogen) atoms. The lowest BCUT2D eigenvalue weighted by molar-refractivity contribution is -0.116. The van der Waals surface area contributed by atoms with Gasteiger partial charge in [-0.2, -0.15) is 0 Å². The van der Waals surface area contributed by atoms with E-state index in [-0.39, 0.29) is 10.8 Å². The third-order valence-electron chi connectivity index (χ3n) is 3.73. The Morgan fingerprint density at radius 1 is 1.08 bits per heavy atom. The molecule has 0 heterocycles. The van der Waals surface area contributed by atoms with Crippen molar-refractivity contribution in [2.45, 2.75) is 22.8 Å². The molecule has 0 fully saturated rings. The molecular weight excluding hydrogens is 370 g/mol. The lowest BCUT2D eigenvalue weighted by atomic mass is 10.2. The molecule has 0 aliphatic heterocycles. The first-order valence-corrected chi connectivity index (χ1v) is 10.6. The van der Waals surface area contributed by atoms with Gasteiger partial charge in [0.25, 0.3) is 0 Å². The topological polar surface area (TPSA) is 78.5 Å². The summed E-state index contributed by atoms with van der Waals surface area (Å²) >= 11 is 1.63. The van der Waals surface area contributed by atoms with E-state index >= 15 is 0 Å². The number of nitrogens with zero attached hydrogens (tertiary/aromatic N) is 1. The zero-order valence-corrected chi connectivity index (χ0v) is 16.8. The lowest BCUT2D eigenvalue weighted by Gasteiger charge is -2.17. The summed E-state index contributed by atoms with van der Waals surface area (Å²) in [6.45, 7) is 1.75. The molecule has 0 aliphatic rings. The standard InChI is InChI=1S/C18H23N3O3S2/c1-13(19-14-7-5-9-16(11-14)25-4)18(22)20-15-8-6-10-17(12-15)26(23,24)21(2)3/h5-13,19H,1-4H3,(H,20,22)/t13-/m1/s1. The average Bonchev–Trinajstić information content (AvgIpc) is 2.61. The Labute approximate surface area is 159 Å². The number of thioether (sulfide) groups is 1. The molecule has 2 aromatic rings. The molecule has 0 saturated carbocycles. The van der Waals surface area contributed by atoms with Crippen LogP contribution in [0.15, 0.2) is 58.3 Å². The number of amides is 1. The van der Waals surface area contributed by atoms with Crippen LogP contribution in [0.5, 0.6) is 0 Å². The quantitative estimate of drug-likeness (QED) is 0.707. The largest absolute Gasteiger partial charge is 0.374 e. The third-order valence-corrected chi connectivity index (χ3v) is 6.26. The van der Waals surface area contributed by atoms with Crippen LogP contribution in [0.4, 0.5) is 11.4 Å². The van der Waals surface area contributed by atoms with Crippen molar-refractivity contribution in [1.82, 2.24) is 4.31 Å². The van der Waals surface area contributed by atoms with Crippen LogP contribution in [-0.4, -0.2) is 45.0 Å². The van der Waals surface area contributed by atoms with E-state index < -0.39 is 16.1 Å².